The van der Waals surface area contributed by atoms with Gasteiger partial charge in [-0.15, -0.1) is 0 Å². The second-order valence-corrected chi connectivity index (χ2v) is 18.6. The van der Waals surface area contributed by atoms with Crippen molar-refractivity contribution in [2.24, 2.45) is 0 Å². The summed E-state index contributed by atoms with van der Waals surface area (Å²) >= 11 is 0. The van der Waals surface area contributed by atoms with Gasteiger partial charge in [-0.1, -0.05) is 160 Å². The summed E-state index contributed by atoms with van der Waals surface area (Å²) in [6, 6.07) is 36.9. The van der Waals surface area contributed by atoms with Gasteiger partial charge in [0, 0.05) is 0 Å². The quantitative estimate of drug-likeness (QED) is 0.119. The molecule has 1 atom stereocenters. The van der Waals surface area contributed by atoms with Gasteiger partial charge in [-0.25, -0.2) is 0 Å². The lowest BCUT2D eigenvalue weighted by Gasteiger charge is -2.37. The minimum atomic E-state index is -0.875. The third kappa shape index (κ3) is 7.73. The van der Waals surface area contributed by atoms with E-state index in [0.29, 0.717) is 29.3 Å². The minimum absolute atomic E-state index is 0.389. The van der Waals surface area contributed by atoms with Gasteiger partial charge < -0.3 is 9.47 Å². The maximum absolute atomic E-state index is 6.11. The molecule has 1 saturated carbocycles. The first-order chi connectivity index (χ1) is 25.6. The molecule has 53 heavy (non-hydrogen) atoms. The average Bonchev–Trinajstić information content (AvgIpc) is 3.17. The van der Waals surface area contributed by atoms with Crippen molar-refractivity contribution in [2.45, 2.75) is 117 Å². The van der Waals surface area contributed by atoms with Crippen LogP contribution in [0.15, 0.2) is 97.1 Å². The molecule has 1 aliphatic carbocycles. The summed E-state index contributed by atoms with van der Waals surface area (Å²) in [6.45, 7) is 18.9. The van der Waals surface area contributed by atoms with Gasteiger partial charge in [0.05, 0.1) is 19.8 Å². The zero-order valence-corrected chi connectivity index (χ0v) is 34.8. The lowest BCUT2D eigenvalue weighted by Crippen LogP contribution is -2.28. The van der Waals surface area contributed by atoms with Crippen molar-refractivity contribution in [3.8, 4) is 44.9 Å². The van der Waals surface area contributed by atoms with Gasteiger partial charge in [0.15, 0.2) is 0 Å². The van der Waals surface area contributed by atoms with Crippen LogP contribution in [0.5, 0.6) is 11.5 Å². The normalized spacial score (nSPS) is 14.4. The van der Waals surface area contributed by atoms with Gasteiger partial charge in [0.2, 0.25) is 0 Å². The third-order valence-electron chi connectivity index (χ3n) is 11.4. The van der Waals surface area contributed by atoms with Gasteiger partial charge in [-0.2, -0.15) is 0 Å². The SMILES string of the molecule is COc1cccc(OC)c1-c1ccccc1P(c1c(-c2c(C(C)C)cccc2C(C)C)cccc1-c1c(C(C)C)cccc1C(C)C)C1CCCCC1. The predicted octanol–water partition coefficient (Wildman–Crippen LogP) is 14.0. The summed E-state index contributed by atoms with van der Waals surface area (Å²) in [6.07, 6.45) is 6.35. The maximum Gasteiger partial charge on any atom is 0.130 e. The van der Waals surface area contributed by atoms with Crippen LogP contribution in [-0.4, -0.2) is 19.9 Å². The highest BCUT2D eigenvalue weighted by Crippen LogP contribution is 2.55. The number of ether oxygens (including phenoxy) is 2. The van der Waals surface area contributed by atoms with Gasteiger partial charge >= 0.3 is 0 Å². The molecular weight excluding hydrogens is 664 g/mol. The second kappa shape index (κ2) is 17.1. The molecule has 0 amide bonds. The van der Waals surface area contributed by atoms with Crippen molar-refractivity contribution in [1.82, 2.24) is 0 Å². The highest BCUT2D eigenvalue weighted by molar-refractivity contribution is 7.74. The maximum atomic E-state index is 6.11. The first kappa shape index (κ1) is 38.8. The summed E-state index contributed by atoms with van der Waals surface area (Å²) in [7, 11) is 2.69. The molecule has 0 spiro atoms. The molecule has 1 fully saturated rings. The topological polar surface area (TPSA) is 18.5 Å². The van der Waals surface area contributed by atoms with Crippen molar-refractivity contribution >= 4 is 18.5 Å². The minimum Gasteiger partial charge on any atom is -0.496 e. The van der Waals surface area contributed by atoms with E-state index in [2.05, 4.69) is 146 Å². The highest BCUT2D eigenvalue weighted by Gasteiger charge is 2.35. The van der Waals surface area contributed by atoms with Crippen LogP contribution in [0.25, 0.3) is 33.4 Å². The highest BCUT2D eigenvalue weighted by atomic mass is 31.1. The molecule has 0 aromatic heterocycles. The summed E-state index contributed by atoms with van der Waals surface area (Å²) < 4.78 is 12.2. The molecule has 0 heterocycles. The zero-order chi connectivity index (χ0) is 37.8. The van der Waals surface area contributed by atoms with Crippen LogP contribution in [0.1, 0.15) is 133 Å². The Morgan fingerprint density at radius 2 is 0.849 bits per heavy atom. The van der Waals surface area contributed by atoms with E-state index in [1.54, 1.807) is 19.5 Å². The largest absolute Gasteiger partial charge is 0.496 e. The van der Waals surface area contributed by atoms with Gasteiger partial charge in [-0.3, -0.25) is 0 Å². The number of hydrogen-bond donors (Lipinski definition) is 0. The molecule has 0 N–H and O–H groups in total. The number of methoxy groups -OCH3 is 2. The molecule has 5 aromatic rings. The summed E-state index contributed by atoms with van der Waals surface area (Å²) in [5.41, 5.74) is 14.3. The van der Waals surface area contributed by atoms with Gasteiger partial charge in [0.25, 0.3) is 0 Å². The van der Waals surface area contributed by atoms with Gasteiger partial charge in [0.1, 0.15) is 11.5 Å². The fourth-order valence-corrected chi connectivity index (χ4v) is 12.2. The Morgan fingerprint density at radius 1 is 0.453 bits per heavy atom. The van der Waals surface area contributed by atoms with E-state index in [1.807, 2.05) is 6.07 Å². The van der Waals surface area contributed by atoms with Crippen LogP contribution < -0.4 is 20.1 Å². The molecule has 3 heteroatoms. The van der Waals surface area contributed by atoms with Crippen LogP contribution in [0.4, 0.5) is 0 Å². The Labute approximate surface area is 322 Å². The van der Waals surface area contributed by atoms with Gasteiger partial charge in [-0.05, 0) is 123 Å². The molecule has 1 unspecified atom stereocenters. The number of rotatable bonds is 12. The van der Waals surface area contributed by atoms with E-state index in [0.717, 1.165) is 17.1 Å². The second-order valence-electron chi connectivity index (χ2n) is 16.2. The molecule has 6 rings (SSSR count). The molecule has 0 radical (unpaired) electrons. The fraction of sp³-hybridized carbons (Fsp3) is 0.400. The van der Waals surface area contributed by atoms with E-state index in [9.17, 15) is 0 Å². The Morgan fingerprint density at radius 3 is 1.28 bits per heavy atom. The lowest BCUT2D eigenvalue weighted by molar-refractivity contribution is 0.397. The van der Waals surface area contributed by atoms with E-state index >= 15 is 0 Å². The Balaban J connectivity index is 1.84. The molecule has 278 valence electrons. The first-order valence-electron chi connectivity index (χ1n) is 20.1. The molecule has 0 bridgehead atoms. The molecule has 1 aliphatic rings. The third-order valence-corrected chi connectivity index (χ3v) is 14.5. The molecule has 2 nitrogen and oxygen atoms in total. The van der Waals surface area contributed by atoms with Crippen LogP contribution in [-0.2, 0) is 0 Å². The van der Waals surface area contributed by atoms with E-state index in [-0.39, 0.29) is 0 Å². The Kier molecular flexibility index (Phi) is 12.5. The molecule has 0 aliphatic heterocycles. The van der Waals surface area contributed by atoms with Crippen LogP contribution >= 0.6 is 7.92 Å². The first-order valence-corrected chi connectivity index (χ1v) is 21.5. The standard InChI is InChI=1S/C50H61O2P/c1-32(2)37-23-16-24-38(33(3)4)47(37)42-27-18-28-43(48-39(34(5)6)25-17-26-40(48)35(7)8)50(42)53(36-20-12-11-13-21-36)46-31-15-14-22-41(46)49-44(51-9)29-19-30-45(49)52-10/h14-19,22-36H,11-13,20-21H2,1-10H3. The fourth-order valence-electron chi connectivity index (χ4n) is 8.78. The van der Waals surface area contributed by atoms with Crippen molar-refractivity contribution in [1.29, 1.82) is 0 Å². The Hall–Kier alpha value is -3.87. The predicted molar refractivity (Wildman–Crippen MR) is 232 cm³/mol. The summed E-state index contributed by atoms with van der Waals surface area (Å²) in [4.78, 5) is 0. The molecular formula is C50H61O2P. The van der Waals surface area contributed by atoms with Crippen molar-refractivity contribution in [3.63, 3.8) is 0 Å². The van der Waals surface area contributed by atoms with Crippen LogP contribution in [0.2, 0.25) is 0 Å². The zero-order valence-electron chi connectivity index (χ0n) is 33.9. The van der Waals surface area contributed by atoms with Crippen molar-refractivity contribution in [3.05, 3.63) is 119 Å². The number of benzene rings is 5. The monoisotopic (exact) mass is 724 g/mol. The van der Waals surface area contributed by atoms with E-state index in [4.69, 9.17) is 9.47 Å². The summed E-state index contributed by atoms with van der Waals surface area (Å²) in [5.74, 6) is 3.26. The number of hydrogen-bond acceptors (Lipinski definition) is 2. The summed E-state index contributed by atoms with van der Waals surface area (Å²) in [5, 5.41) is 2.97. The lowest BCUT2D eigenvalue weighted by atomic mass is 9.82. The average molecular weight is 725 g/mol. The molecule has 0 saturated heterocycles. The van der Waals surface area contributed by atoms with Crippen LogP contribution in [0, 0.1) is 0 Å². The smallest absolute Gasteiger partial charge is 0.130 e. The molecule has 5 aromatic carbocycles. The van der Waals surface area contributed by atoms with Crippen LogP contribution in [0.3, 0.4) is 0 Å². The Bertz CT molecular complexity index is 1860. The van der Waals surface area contributed by atoms with Crippen molar-refractivity contribution < 1.29 is 9.47 Å². The van der Waals surface area contributed by atoms with Crippen molar-refractivity contribution in [2.75, 3.05) is 14.2 Å². The van der Waals surface area contributed by atoms with E-state index in [1.165, 1.54) is 87.5 Å². The van der Waals surface area contributed by atoms with E-state index < -0.39 is 7.92 Å².